The second kappa shape index (κ2) is 9.74. The summed E-state index contributed by atoms with van der Waals surface area (Å²) in [5.74, 6) is 0. The van der Waals surface area contributed by atoms with Crippen LogP contribution in [-0.4, -0.2) is 55.5 Å². The smallest absolute Gasteiger partial charge is 0.410 e. The Labute approximate surface area is 168 Å². The highest BCUT2D eigenvalue weighted by Gasteiger charge is 2.38. The zero-order chi connectivity index (χ0) is 20.0. The Balaban J connectivity index is 1.68. The van der Waals surface area contributed by atoms with Crippen LogP contribution >= 0.6 is 0 Å². The number of carbonyl (C=O) groups excluding carboxylic acids is 1. The number of nitrogens with zero attached hydrogens (tertiary/aromatic N) is 2. The zero-order valence-electron chi connectivity index (χ0n) is 16.8. The van der Waals surface area contributed by atoms with E-state index in [1.165, 1.54) is 23.6 Å². The molecule has 0 N–H and O–H groups in total. The normalized spacial score (nSPS) is 22.1. The molecule has 0 aromatic heterocycles. The minimum absolute atomic E-state index is 0.208. The number of benzene rings is 1. The average Bonchev–Trinajstić information content (AvgIpc) is 3.02. The number of sulfonamides is 1. The second-order valence-electron chi connectivity index (χ2n) is 7.83. The molecule has 3 rings (SSSR count). The summed E-state index contributed by atoms with van der Waals surface area (Å²) >= 11 is 0. The molecule has 1 aliphatic carbocycles. The van der Waals surface area contributed by atoms with Crippen LogP contribution in [0.25, 0.3) is 0 Å². The van der Waals surface area contributed by atoms with Crippen LogP contribution in [0, 0.1) is 0 Å². The third-order valence-electron chi connectivity index (χ3n) is 5.68. The first kappa shape index (κ1) is 21.1. The number of rotatable bonds is 7. The number of hydrogen-bond acceptors (Lipinski definition) is 4. The number of amides is 1. The molecule has 1 saturated heterocycles. The predicted molar refractivity (Wildman–Crippen MR) is 109 cm³/mol. The number of ether oxygens (including phenoxy) is 1. The molecule has 7 heteroatoms. The molecule has 156 valence electrons. The Hall–Kier alpha value is -1.60. The van der Waals surface area contributed by atoms with E-state index < -0.39 is 16.1 Å². The first-order chi connectivity index (χ1) is 13.5. The first-order valence-electron chi connectivity index (χ1n) is 10.5. The standard InChI is InChI=1S/C21H32N2O4S/c1-2-15-22(28(25,26)20-13-9-6-10-14-20)16-19-17-23(21(24)27-19)18-11-7-4-3-5-8-12-18/h6,9-10,13-14,18-19H,2-5,7-8,11-12,15-17H2,1H3/t19-/m1/s1. The van der Waals surface area contributed by atoms with Gasteiger partial charge in [-0.25, -0.2) is 13.2 Å². The Morgan fingerprint density at radius 3 is 2.36 bits per heavy atom. The summed E-state index contributed by atoms with van der Waals surface area (Å²) in [5.41, 5.74) is 0. The highest BCUT2D eigenvalue weighted by molar-refractivity contribution is 7.89. The van der Waals surface area contributed by atoms with Crippen molar-refractivity contribution in [1.29, 1.82) is 0 Å². The Morgan fingerprint density at radius 2 is 1.71 bits per heavy atom. The molecule has 1 amide bonds. The van der Waals surface area contributed by atoms with Crippen molar-refractivity contribution in [2.45, 2.75) is 75.3 Å². The van der Waals surface area contributed by atoms with Gasteiger partial charge in [-0.15, -0.1) is 0 Å². The fourth-order valence-electron chi connectivity index (χ4n) is 4.21. The Bertz CT molecular complexity index is 730. The largest absolute Gasteiger partial charge is 0.443 e. The highest BCUT2D eigenvalue weighted by Crippen LogP contribution is 2.26. The molecule has 2 fully saturated rings. The van der Waals surface area contributed by atoms with Crippen LogP contribution in [0.5, 0.6) is 0 Å². The van der Waals surface area contributed by atoms with Crippen molar-refractivity contribution in [1.82, 2.24) is 9.21 Å². The first-order valence-corrected chi connectivity index (χ1v) is 12.0. The van der Waals surface area contributed by atoms with Crippen LogP contribution in [0.15, 0.2) is 35.2 Å². The summed E-state index contributed by atoms with van der Waals surface area (Å²) in [6, 6.07) is 8.70. The van der Waals surface area contributed by atoms with Crippen LogP contribution in [0.3, 0.4) is 0 Å². The molecule has 1 aromatic rings. The summed E-state index contributed by atoms with van der Waals surface area (Å²) in [4.78, 5) is 14.6. The van der Waals surface area contributed by atoms with E-state index in [9.17, 15) is 13.2 Å². The van der Waals surface area contributed by atoms with E-state index in [2.05, 4.69) is 0 Å². The van der Waals surface area contributed by atoms with Gasteiger partial charge in [-0.1, -0.05) is 57.2 Å². The summed E-state index contributed by atoms with van der Waals surface area (Å²) in [6.07, 6.45) is 8.05. The second-order valence-corrected chi connectivity index (χ2v) is 9.77. The van der Waals surface area contributed by atoms with Crippen LogP contribution in [0.1, 0.15) is 58.3 Å². The van der Waals surface area contributed by atoms with Crippen molar-refractivity contribution >= 4 is 16.1 Å². The van der Waals surface area contributed by atoms with Gasteiger partial charge in [0.25, 0.3) is 0 Å². The summed E-state index contributed by atoms with van der Waals surface area (Å²) < 4.78 is 33.1. The van der Waals surface area contributed by atoms with Crippen molar-refractivity contribution < 1.29 is 17.9 Å². The van der Waals surface area contributed by atoms with Crippen LogP contribution in [-0.2, 0) is 14.8 Å². The minimum Gasteiger partial charge on any atom is -0.443 e. The lowest BCUT2D eigenvalue weighted by Crippen LogP contribution is -2.41. The van der Waals surface area contributed by atoms with E-state index in [4.69, 9.17) is 4.74 Å². The molecular weight excluding hydrogens is 376 g/mol. The molecule has 1 heterocycles. The molecular formula is C21H32N2O4S. The molecule has 0 spiro atoms. The van der Waals surface area contributed by atoms with E-state index in [1.54, 1.807) is 30.3 Å². The van der Waals surface area contributed by atoms with E-state index in [0.29, 0.717) is 19.5 Å². The lowest BCUT2D eigenvalue weighted by Gasteiger charge is -2.28. The highest BCUT2D eigenvalue weighted by atomic mass is 32.2. The van der Waals surface area contributed by atoms with Gasteiger partial charge in [-0.3, -0.25) is 0 Å². The number of cyclic esters (lactones) is 1. The van der Waals surface area contributed by atoms with E-state index in [-0.39, 0.29) is 23.6 Å². The SMILES string of the molecule is CCCN(C[C@@H]1CN(C2CCCCCCC2)C(=O)O1)S(=O)(=O)c1ccccc1. The lowest BCUT2D eigenvalue weighted by molar-refractivity contribution is 0.117. The molecule has 1 aliphatic heterocycles. The third kappa shape index (κ3) is 5.06. The Morgan fingerprint density at radius 1 is 1.07 bits per heavy atom. The topological polar surface area (TPSA) is 66.9 Å². The molecule has 2 aliphatic rings. The Kier molecular flexibility index (Phi) is 7.35. The van der Waals surface area contributed by atoms with Crippen LogP contribution in [0.4, 0.5) is 4.79 Å². The third-order valence-corrected chi connectivity index (χ3v) is 7.56. The summed E-state index contributed by atoms with van der Waals surface area (Å²) in [5, 5.41) is 0. The van der Waals surface area contributed by atoms with E-state index in [1.807, 2.05) is 11.8 Å². The molecule has 6 nitrogen and oxygen atoms in total. The van der Waals surface area contributed by atoms with Gasteiger partial charge in [0, 0.05) is 12.6 Å². The molecule has 28 heavy (non-hydrogen) atoms. The molecule has 0 bridgehead atoms. The number of carbonyl (C=O) groups is 1. The predicted octanol–water partition coefficient (Wildman–Crippen LogP) is 4.02. The van der Waals surface area contributed by atoms with Gasteiger partial charge in [0.2, 0.25) is 10.0 Å². The van der Waals surface area contributed by atoms with Gasteiger partial charge in [0.15, 0.2) is 0 Å². The van der Waals surface area contributed by atoms with Crippen molar-refractivity contribution in [2.24, 2.45) is 0 Å². The van der Waals surface area contributed by atoms with Crippen molar-refractivity contribution in [2.75, 3.05) is 19.6 Å². The summed E-state index contributed by atoms with van der Waals surface area (Å²) in [6.45, 7) is 3.05. The minimum atomic E-state index is -3.60. The molecule has 0 unspecified atom stereocenters. The van der Waals surface area contributed by atoms with E-state index in [0.717, 1.165) is 25.7 Å². The molecule has 1 saturated carbocycles. The van der Waals surface area contributed by atoms with Crippen LogP contribution < -0.4 is 0 Å². The molecule has 0 radical (unpaired) electrons. The average molecular weight is 409 g/mol. The van der Waals surface area contributed by atoms with E-state index >= 15 is 0 Å². The van der Waals surface area contributed by atoms with Crippen molar-refractivity contribution in [3.8, 4) is 0 Å². The van der Waals surface area contributed by atoms with Gasteiger partial charge >= 0.3 is 6.09 Å². The van der Waals surface area contributed by atoms with Crippen molar-refractivity contribution in [3.05, 3.63) is 30.3 Å². The molecule has 1 atom stereocenters. The van der Waals surface area contributed by atoms with Crippen LogP contribution in [0.2, 0.25) is 0 Å². The maximum absolute atomic E-state index is 13.0. The summed E-state index contributed by atoms with van der Waals surface area (Å²) in [7, 11) is -3.60. The molecule has 1 aromatic carbocycles. The van der Waals surface area contributed by atoms with Gasteiger partial charge in [-0.05, 0) is 31.4 Å². The maximum Gasteiger partial charge on any atom is 0.410 e. The lowest BCUT2D eigenvalue weighted by atomic mass is 9.96. The van der Waals surface area contributed by atoms with Gasteiger partial charge < -0.3 is 9.64 Å². The van der Waals surface area contributed by atoms with Gasteiger partial charge in [0.05, 0.1) is 18.0 Å². The number of hydrogen-bond donors (Lipinski definition) is 0. The monoisotopic (exact) mass is 408 g/mol. The fraction of sp³-hybridized carbons (Fsp3) is 0.667. The van der Waals surface area contributed by atoms with Crippen molar-refractivity contribution in [3.63, 3.8) is 0 Å². The quantitative estimate of drug-likeness (QED) is 0.683. The maximum atomic E-state index is 13.0. The van der Waals surface area contributed by atoms with Gasteiger partial charge in [0.1, 0.15) is 6.10 Å². The zero-order valence-corrected chi connectivity index (χ0v) is 17.6. The fourth-order valence-corrected chi connectivity index (χ4v) is 5.79. The van der Waals surface area contributed by atoms with Gasteiger partial charge in [-0.2, -0.15) is 4.31 Å².